The van der Waals surface area contributed by atoms with Gasteiger partial charge in [-0.2, -0.15) is 0 Å². The molecule has 1 aromatic rings. The summed E-state index contributed by atoms with van der Waals surface area (Å²) >= 11 is 0. The van der Waals surface area contributed by atoms with Crippen molar-refractivity contribution in [2.24, 2.45) is 11.8 Å². The van der Waals surface area contributed by atoms with Gasteiger partial charge in [0.05, 0.1) is 5.56 Å². The van der Waals surface area contributed by atoms with Gasteiger partial charge in [-0.25, -0.2) is 4.79 Å². The Kier molecular flexibility index (Phi) is 3.33. The first-order chi connectivity index (χ1) is 8.11. The first-order valence-corrected chi connectivity index (χ1v) is 5.81. The molecule has 0 unspecified atom stereocenters. The van der Waals surface area contributed by atoms with Crippen molar-refractivity contribution in [2.75, 3.05) is 24.6 Å². The van der Waals surface area contributed by atoms with E-state index in [4.69, 9.17) is 5.11 Å². The maximum Gasteiger partial charge on any atom is 0.335 e. The number of aliphatic hydroxyl groups is 1. The zero-order valence-corrected chi connectivity index (χ0v) is 9.84. The van der Waals surface area contributed by atoms with Gasteiger partial charge < -0.3 is 15.1 Å². The van der Waals surface area contributed by atoms with Crippen molar-refractivity contribution in [3.05, 3.63) is 29.8 Å². The van der Waals surface area contributed by atoms with Gasteiger partial charge in [0.15, 0.2) is 0 Å². The third-order valence-corrected chi connectivity index (χ3v) is 3.48. The lowest BCUT2D eigenvalue weighted by atomic mass is 10.00. The van der Waals surface area contributed by atoms with Crippen molar-refractivity contribution in [1.82, 2.24) is 0 Å². The van der Waals surface area contributed by atoms with Crippen LogP contribution in [0.2, 0.25) is 0 Å². The predicted molar refractivity (Wildman–Crippen MR) is 65.4 cm³/mol. The molecule has 1 aromatic carbocycles. The van der Waals surface area contributed by atoms with E-state index < -0.39 is 5.97 Å². The zero-order chi connectivity index (χ0) is 12.4. The highest BCUT2D eigenvalue weighted by Crippen LogP contribution is 2.27. The Morgan fingerprint density at radius 1 is 1.35 bits per heavy atom. The van der Waals surface area contributed by atoms with Crippen molar-refractivity contribution in [3.8, 4) is 0 Å². The van der Waals surface area contributed by atoms with Crippen molar-refractivity contribution < 1.29 is 15.0 Å². The Balaban J connectivity index is 2.11. The van der Waals surface area contributed by atoms with Crippen LogP contribution in [0.4, 0.5) is 5.69 Å². The van der Waals surface area contributed by atoms with E-state index in [2.05, 4.69) is 11.8 Å². The SMILES string of the molecule is C[C@H]1CN(c2ccc(C(=O)O)cc2)C[C@@H]1CO. The molecule has 2 rings (SSSR count). The highest BCUT2D eigenvalue weighted by molar-refractivity contribution is 5.88. The Labute approximate surface area is 100 Å². The first kappa shape index (κ1) is 11.9. The molecule has 1 heterocycles. The number of anilines is 1. The lowest BCUT2D eigenvalue weighted by molar-refractivity contribution is 0.0697. The van der Waals surface area contributed by atoms with Crippen LogP contribution in [0, 0.1) is 11.8 Å². The van der Waals surface area contributed by atoms with Crippen molar-refractivity contribution >= 4 is 11.7 Å². The van der Waals surface area contributed by atoms with Gasteiger partial charge in [-0.1, -0.05) is 6.92 Å². The summed E-state index contributed by atoms with van der Waals surface area (Å²) in [5, 5.41) is 18.0. The second-order valence-corrected chi connectivity index (χ2v) is 4.68. The summed E-state index contributed by atoms with van der Waals surface area (Å²) in [4.78, 5) is 12.9. The molecule has 4 nitrogen and oxygen atoms in total. The number of carboxylic acid groups (broad SMARTS) is 1. The molecule has 17 heavy (non-hydrogen) atoms. The molecule has 2 atom stereocenters. The molecule has 92 valence electrons. The lowest BCUT2D eigenvalue weighted by Gasteiger charge is -2.18. The van der Waals surface area contributed by atoms with Crippen molar-refractivity contribution in [3.63, 3.8) is 0 Å². The first-order valence-electron chi connectivity index (χ1n) is 5.81. The number of rotatable bonds is 3. The van der Waals surface area contributed by atoms with Crippen molar-refractivity contribution in [2.45, 2.75) is 6.92 Å². The normalized spacial score (nSPS) is 24.0. The van der Waals surface area contributed by atoms with Crippen molar-refractivity contribution in [1.29, 1.82) is 0 Å². The quantitative estimate of drug-likeness (QED) is 0.832. The molecule has 1 aliphatic heterocycles. The van der Waals surface area contributed by atoms with E-state index in [-0.39, 0.29) is 6.61 Å². The Hall–Kier alpha value is -1.55. The van der Waals surface area contributed by atoms with Crippen LogP contribution in [0.15, 0.2) is 24.3 Å². The highest BCUT2D eigenvalue weighted by atomic mass is 16.4. The van der Waals surface area contributed by atoms with Crippen LogP contribution in [0.25, 0.3) is 0 Å². The van der Waals surface area contributed by atoms with E-state index in [0.717, 1.165) is 18.8 Å². The zero-order valence-electron chi connectivity index (χ0n) is 9.84. The fourth-order valence-corrected chi connectivity index (χ4v) is 2.30. The Bertz CT molecular complexity index is 402. The van der Waals surface area contributed by atoms with Crippen LogP contribution in [-0.2, 0) is 0 Å². The highest BCUT2D eigenvalue weighted by Gasteiger charge is 2.28. The van der Waals surface area contributed by atoms with Crippen LogP contribution < -0.4 is 4.90 Å². The lowest BCUT2D eigenvalue weighted by Crippen LogP contribution is -2.20. The summed E-state index contributed by atoms with van der Waals surface area (Å²) in [6.45, 7) is 4.10. The minimum absolute atomic E-state index is 0.213. The Morgan fingerprint density at radius 2 is 2.00 bits per heavy atom. The molecule has 0 aliphatic carbocycles. The molecule has 0 bridgehead atoms. The number of carbonyl (C=O) groups is 1. The van der Waals surface area contributed by atoms with E-state index in [9.17, 15) is 9.90 Å². The second kappa shape index (κ2) is 4.75. The maximum atomic E-state index is 10.7. The van der Waals surface area contributed by atoms with E-state index >= 15 is 0 Å². The number of carboxylic acids is 1. The van der Waals surface area contributed by atoms with Gasteiger partial charge in [0.25, 0.3) is 0 Å². The fraction of sp³-hybridized carbons (Fsp3) is 0.462. The topological polar surface area (TPSA) is 60.8 Å². The van der Waals surface area contributed by atoms with E-state index in [1.54, 1.807) is 12.1 Å². The molecule has 1 fully saturated rings. The number of nitrogens with zero attached hydrogens (tertiary/aromatic N) is 1. The smallest absolute Gasteiger partial charge is 0.335 e. The Morgan fingerprint density at radius 3 is 2.47 bits per heavy atom. The fourth-order valence-electron chi connectivity index (χ4n) is 2.30. The molecule has 0 spiro atoms. The molecule has 0 amide bonds. The standard InChI is InChI=1S/C13H17NO3/c1-9-6-14(7-11(9)8-15)12-4-2-10(3-5-12)13(16)17/h2-5,9,11,15H,6-8H2,1H3,(H,16,17)/t9-,11+/m0/s1. The third-order valence-electron chi connectivity index (χ3n) is 3.48. The molecule has 1 aliphatic rings. The van der Waals surface area contributed by atoms with Gasteiger partial charge in [0, 0.05) is 31.3 Å². The predicted octanol–water partition coefficient (Wildman–Crippen LogP) is 1.45. The number of aliphatic hydroxyl groups excluding tert-OH is 1. The van der Waals surface area contributed by atoms with Gasteiger partial charge in [-0.3, -0.25) is 0 Å². The summed E-state index contributed by atoms with van der Waals surface area (Å²) < 4.78 is 0. The largest absolute Gasteiger partial charge is 0.478 e. The van der Waals surface area contributed by atoms with E-state index in [1.807, 2.05) is 12.1 Å². The third kappa shape index (κ3) is 2.42. The molecule has 0 radical (unpaired) electrons. The number of benzene rings is 1. The van der Waals surface area contributed by atoms with Crippen LogP contribution in [-0.4, -0.2) is 35.9 Å². The van der Waals surface area contributed by atoms with E-state index in [0.29, 0.717) is 17.4 Å². The summed E-state index contributed by atoms with van der Waals surface area (Å²) in [5.41, 5.74) is 1.33. The minimum atomic E-state index is -0.903. The summed E-state index contributed by atoms with van der Waals surface area (Å²) in [6.07, 6.45) is 0. The molecular weight excluding hydrogens is 218 g/mol. The van der Waals surface area contributed by atoms with Crippen LogP contribution >= 0.6 is 0 Å². The summed E-state index contributed by atoms with van der Waals surface area (Å²) in [5.74, 6) is -0.118. The molecule has 4 heteroatoms. The van der Waals surface area contributed by atoms with Crippen LogP contribution in [0.1, 0.15) is 17.3 Å². The van der Waals surface area contributed by atoms with Gasteiger partial charge in [-0.15, -0.1) is 0 Å². The van der Waals surface area contributed by atoms with Crippen LogP contribution in [0.3, 0.4) is 0 Å². The summed E-state index contributed by atoms with van der Waals surface area (Å²) in [6, 6.07) is 6.90. The molecule has 0 aromatic heterocycles. The molecular formula is C13H17NO3. The molecule has 1 saturated heterocycles. The van der Waals surface area contributed by atoms with Gasteiger partial charge >= 0.3 is 5.97 Å². The molecule has 2 N–H and O–H groups in total. The van der Waals surface area contributed by atoms with Gasteiger partial charge in [0.2, 0.25) is 0 Å². The molecule has 0 saturated carbocycles. The monoisotopic (exact) mass is 235 g/mol. The number of hydrogen-bond acceptors (Lipinski definition) is 3. The minimum Gasteiger partial charge on any atom is -0.478 e. The maximum absolute atomic E-state index is 10.7. The van der Waals surface area contributed by atoms with Gasteiger partial charge in [0.1, 0.15) is 0 Å². The second-order valence-electron chi connectivity index (χ2n) is 4.68. The summed E-state index contributed by atoms with van der Waals surface area (Å²) in [7, 11) is 0. The average Bonchev–Trinajstić information content (AvgIpc) is 2.70. The van der Waals surface area contributed by atoms with Crippen LogP contribution in [0.5, 0.6) is 0 Å². The average molecular weight is 235 g/mol. The number of aromatic carboxylic acids is 1. The number of hydrogen-bond donors (Lipinski definition) is 2. The van der Waals surface area contributed by atoms with Gasteiger partial charge in [-0.05, 0) is 30.2 Å². The van der Waals surface area contributed by atoms with E-state index in [1.165, 1.54) is 0 Å².